The Labute approximate surface area is 112 Å². The zero-order valence-corrected chi connectivity index (χ0v) is 10.8. The third-order valence-corrected chi connectivity index (χ3v) is 3.54. The van der Waals surface area contributed by atoms with Gasteiger partial charge in [0.05, 0.1) is 12.6 Å². The summed E-state index contributed by atoms with van der Waals surface area (Å²) in [5, 5.41) is 11.7. The molecule has 0 unspecified atom stereocenters. The van der Waals surface area contributed by atoms with Gasteiger partial charge in [-0.3, -0.25) is 4.90 Å². The molecule has 0 amide bonds. The second-order valence-corrected chi connectivity index (χ2v) is 5.03. The molecule has 104 valence electrons. The molecular formula is C10H12F3N5S. The SMILES string of the molecule is N#CCN1CCC(Nc2nc(C(F)(F)F)ns2)CC1. The first kappa shape index (κ1) is 14.0. The Morgan fingerprint density at radius 3 is 2.63 bits per heavy atom. The van der Waals surface area contributed by atoms with Gasteiger partial charge in [-0.2, -0.15) is 27.8 Å². The second kappa shape index (κ2) is 5.71. The number of anilines is 1. The Bertz CT molecular complexity index is 458. The predicted molar refractivity (Wildman–Crippen MR) is 63.6 cm³/mol. The van der Waals surface area contributed by atoms with E-state index in [1.54, 1.807) is 0 Å². The second-order valence-electron chi connectivity index (χ2n) is 4.27. The standard InChI is InChI=1S/C10H12F3N5S/c11-10(12,13)8-16-9(19-17-8)15-7-1-4-18(5-2-7)6-3-14/h7H,1-2,4-6H2,(H,15,16,17). The molecule has 1 aromatic heterocycles. The molecule has 1 N–H and O–H groups in total. The first-order chi connectivity index (χ1) is 8.99. The van der Waals surface area contributed by atoms with Crippen LogP contribution in [0.15, 0.2) is 0 Å². The van der Waals surface area contributed by atoms with E-state index >= 15 is 0 Å². The maximum Gasteiger partial charge on any atom is 0.452 e. The van der Waals surface area contributed by atoms with E-state index < -0.39 is 12.0 Å². The zero-order chi connectivity index (χ0) is 13.9. The fourth-order valence-corrected chi connectivity index (χ4v) is 2.57. The minimum atomic E-state index is -4.49. The summed E-state index contributed by atoms with van der Waals surface area (Å²) >= 11 is 0.723. The highest BCUT2D eigenvalue weighted by atomic mass is 32.1. The van der Waals surface area contributed by atoms with E-state index in [2.05, 4.69) is 20.7 Å². The molecule has 19 heavy (non-hydrogen) atoms. The summed E-state index contributed by atoms with van der Waals surface area (Å²) < 4.78 is 40.3. The summed E-state index contributed by atoms with van der Waals surface area (Å²) in [5.41, 5.74) is 0. The molecule has 1 aliphatic heterocycles. The number of halogens is 3. The number of alkyl halides is 3. The lowest BCUT2D eigenvalue weighted by molar-refractivity contribution is -0.144. The molecule has 0 radical (unpaired) electrons. The summed E-state index contributed by atoms with van der Waals surface area (Å²) in [5.74, 6) is -1.10. The van der Waals surface area contributed by atoms with Gasteiger partial charge in [-0.05, 0) is 12.8 Å². The molecule has 2 rings (SSSR count). The quantitative estimate of drug-likeness (QED) is 0.862. The molecule has 0 saturated carbocycles. The molecule has 0 bridgehead atoms. The molecule has 9 heteroatoms. The molecule has 0 spiro atoms. The van der Waals surface area contributed by atoms with Gasteiger partial charge in [-0.15, -0.1) is 0 Å². The lowest BCUT2D eigenvalue weighted by Gasteiger charge is -2.30. The van der Waals surface area contributed by atoms with Crippen LogP contribution in [0.5, 0.6) is 0 Å². The van der Waals surface area contributed by atoms with Gasteiger partial charge in [0.15, 0.2) is 0 Å². The predicted octanol–water partition coefficient (Wildman–Crippen LogP) is 1.96. The Morgan fingerprint density at radius 2 is 2.11 bits per heavy atom. The van der Waals surface area contributed by atoms with Gasteiger partial charge >= 0.3 is 6.18 Å². The summed E-state index contributed by atoms with van der Waals surface area (Å²) in [6.45, 7) is 1.91. The van der Waals surface area contributed by atoms with Crippen LogP contribution < -0.4 is 5.32 Å². The number of nitriles is 1. The number of nitrogens with one attached hydrogen (secondary N) is 1. The molecule has 5 nitrogen and oxygen atoms in total. The summed E-state index contributed by atoms with van der Waals surface area (Å²) in [4.78, 5) is 5.45. The molecule has 1 aliphatic rings. The van der Waals surface area contributed by atoms with Crippen molar-refractivity contribution in [1.29, 1.82) is 5.26 Å². The lowest BCUT2D eigenvalue weighted by Crippen LogP contribution is -2.39. The molecule has 0 atom stereocenters. The Morgan fingerprint density at radius 1 is 1.42 bits per heavy atom. The van der Waals surface area contributed by atoms with E-state index in [0.29, 0.717) is 6.54 Å². The Balaban J connectivity index is 1.86. The molecule has 2 heterocycles. The van der Waals surface area contributed by atoms with Crippen LogP contribution in [0.3, 0.4) is 0 Å². The first-order valence-corrected chi connectivity index (χ1v) is 6.53. The van der Waals surface area contributed by atoms with E-state index in [0.717, 1.165) is 37.5 Å². The van der Waals surface area contributed by atoms with Gasteiger partial charge in [0.25, 0.3) is 0 Å². The third kappa shape index (κ3) is 3.78. The van der Waals surface area contributed by atoms with Crippen molar-refractivity contribution >= 4 is 16.7 Å². The van der Waals surface area contributed by atoms with Gasteiger partial charge in [-0.25, -0.2) is 0 Å². The maximum absolute atomic E-state index is 12.3. The number of piperidine rings is 1. The van der Waals surface area contributed by atoms with Crippen LogP contribution in [0.4, 0.5) is 18.3 Å². The highest BCUT2D eigenvalue weighted by Gasteiger charge is 2.36. The number of hydrogen-bond acceptors (Lipinski definition) is 6. The number of hydrogen-bond donors (Lipinski definition) is 1. The van der Waals surface area contributed by atoms with Crippen LogP contribution in [0.2, 0.25) is 0 Å². The number of aromatic nitrogens is 2. The van der Waals surface area contributed by atoms with Crippen molar-refractivity contribution in [2.24, 2.45) is 0 Å². The minimum Gasteiger partial charge on any atom is -0.357 e. The van der Waals surface area contributed by atoms with Crippen LogP contribution in [-0.4, -0.2) is 39.9 Å². The molecule has 0 aromatic carbocycles. The largest absolute Gasteiger partial charge is 0.452 e. The van der Waals surface area contributed by atoms with Gasteiger partial charge in [-0.1, -0.05) is 0 Å². The molecule has 1 aromatic rings. The number of likely N-dealkylation sites (tertiary alicyclic amines) is 1. The van der Waals surface area contributed by atoms with Gasteiger partial charge in [0.2, 0.25) is 11.0 Å². The van der Waals surface area contributed by atoms with E-state index in [-0.39, 0.29) is 11.2 Å². The Hall–Kier alpha value is -1.40. The highest BCUT2D eigenvalue weighted by Crippen LogP contribution is 2.29. The van der Waals surface area contributed by atoms with E-state index in [1.807, 2.05) is 4.90 Å². The van der Waals surface area contributed by atoms with Crippen molar-refractivity contribution in [3.63, 3.8) is 0 Å². The third-order valence-electron chi connectivity index (χ3n) is 2.89. The first-order valence-electron chi connectivity index (χ1n) is 5.76. The average molecular weight is 291 g/mol. The lowest BCUT2D eigenvalue weighted by atomic mass is 10.1. The topological polar surface area (TPSA) is 64.8 Å². The van der Waals surface area contributed by atoms with Crippen molar-refractivity contribution in [2.75, 3.05) is 25.0 Å². The minimum absolute atomic E-state index is 0.0870. The highest BCUT2D eigenvalue weighted by molar-refractivity contribution is 7.09. The van der Waals surface area contributed by atoms with E-state index in [9.17, 15) is 13.2 Å². The van der Waals surface area contributed by atoms with Crippen LogP contribution in [0.25, 0.3) is 0 Å². The van der Waals surface area contributed by atoms with Crippen LogP contribution in [-0.2, 0) is 6.18 Å². The molecule has 1 saturated heterocycles. The van der Waals surface area contributed by atoms with Crippen LogP contribution in [0.1, 0.15) is 18.7 Å². The van der Waals surface area contributed by atoms with E-state index in [4.69, 9.17) is 5.26 Å². The van der Waals surface area contributed by atoms with Crippen molar-refractivity contribution in [3.8, 4) is 6.07 Å². The van der Waals surface area contributed by atoms with Gasteiger partial charge in [0, 0.05) is 30.7 Å². The van der Waals surface area contributed by atoms with Crippen molar-refractivity contribution in [2.45, 2.75) is 25.1 Å². The molecular weight excluding hydrogens is 279 g/mol. The zero-order valence-electron chi connectivity index (χ0n) is 9.94. The summed E-state index contributed by atoms with van der Waals surface area (Å²) in [7, 11) is 0. The molecule has 0 aliphatic carbocycles. The Kier molecular flexibility index (Phi) is 4.21. The smallest absolute Gasteiger partial charge is 0.357 e. The fraction of sp³-hybridized carbons (Fsp3) is 0.700. The van der Waals surface area contributed by atoms with Gasteiger partial charge in [0.1, 0.15) is 0 Å². The molecule has 1 fully saturated rings. The summed E-state index contributed by atoms with van der Waals surface area (Å²) in [6.07, 6.45) is -2.93. The van der Waals surface area contributed by atoms with Crippen LogP contribution >= 0.6 is 11.5 Å². The van der Waals surface area contributed by atoms with Gasteiger partial charge < -0.3 is 5.32 Å². The summed E-state index contributed by atoms with van der Waals surface area (Å²) in [6, 6.07) is 2.17. The average Bonchev–Trinajstić information content (AvgIpc) is 2.80. The van der Waals surface area contributed by atoms with E-state index in [1.165, 1.54) is 0 Å². The van der Waals surface area contributed by atoms with Crippen LogP contribution in [0, 0.1) is 11.3 Å². The maximum atomic E-state index is 12.3. The van der Waals surface area contributed by atoms with Crippen molar-refractivity contribution in [3.05, 3.63) is 5.82 Å². The van der Waals surface area contributed by atoms with Crippen molar-refractivity contribution < 1.29 is 13.2 Å². The van der Waals surface area contributed by atoms with Crippen molar-refractivity contribution in [1.82, 2.24) is 14.3 Å². The number of rotatable bonds is 3. The number of nitrogens with zero attached hydrogens (tertiary/aromatic N) is 4. The fourth-order valence-electron chi connectivity index (χ4n) is 1.91. The monoisotopic (exact) mass is 291 g/mol. The normalized spacial score (nSPS) is 18.2.